The van der Waals surface area contributed by atoms with Crippen LogP contribution < -0.4 is 11.5 Å². The van der Waals surface area contributed by atoms with Crippen LogP contribution in [-0.2, 0) is 0 Å². The topological polar surface area (TPSA) is 149 Å². The zero-order valence-corrected chi connectivity index (χ0v) is 10.9. The van der Waals surface area contributed by atoms with E-state index in [0.717, 1.165) is 5.56 Å². The monoisotopic (exact) mass is 275 g/mol. The lowest BCUT2D eigenvalue weighted by molar-refractivity contribution is -0.384. The highest BCUT2D eigenvalue weighted by Crippen LogP contribution is 2.35. The number of nitro benzene ring substituents is 1. The number of hydrogen-bond acceptors (Lipinski definition) is 7. The number of benzene rings is 1. The highest BCUT2D eigenvalue weighted by Gasteiger charge is 2.17. The van der Waals surface area contributed by atoms with E-state index in [9.17, 15) is 10.1 Å². The highest BCUT2D eigenvalue weighted by molar-refractivity contribution is 5.71. The summed E-state index contributed by atoms with van der Waals surface area (Å²) in [5.74, 6) is 0.235. The summed E-state index contributed by atoms with van der Waals surface area (Å²) in [5, 5.41) is 24.9. The van der Waals surface area contributed by atoms with Gasteiger partial charge in [-0.3, -0.25) is 15.2 Å². The summed E-state index contributed by atoms with van der Waals surface area (Å²) in [6.07, 6.45) is 0. The van der Waals surface area contributed by atoms with Crippen molar-refractivity contribution in [2.24, 2.45) is 10.2 Å². The number of nitrogens with zero attached hydrogens (tertiary/aromatic N) is 4. The molecule has 0 saturated heterocycles. The predicted molar refractivity (Wildman–Crippen MR) is 74.2 cm³/mol. The number of anilines is 2. The number of hydrogen-bond donors (Lipinski definition) is 3. The molecule has 9 heteroatoms. The zero-order valence-electron chi connectivity index (χ0n) is 10.9. The van der Waals surface area contributed by atoms with Crippen molar-refractivity contribution in [3.8, 4) is 0 Å². The third kappa shape index (κ3) is 2.28. The van der Waals surface area contributed by atoms with Crippen molar-refractivity contribution in [3.05, 3.63) is 33.4 Å². The lowest BCUT2D eigenvalue weighted by atomic mass is 10.1. The van der Waals surface area contributed by atoms with Crippen molar-refractivity contribution in [1.82, 2.24) is 10.2 Å². The van der Waals surface area contributed by atoms with Crippen LogP contribution in [0.3, 0.4) is 0 Å². The molecule has 0 aliphatic carbocycles. The number of aromatic nitrogens is 2. The van der Waals surface area contributed by atoms with Crippen LogP contribution in [0, 0.1) is 24.0 Å². The Hall–Kier alpha value is -2.97. The lowest BCUT2D eigenvalue weighted by Crippen LogP contribution is -1.92. The van der Waals surface area contributed by atoms with Crippen molar-refractivity contribution >= 4 is 28.7 Å². The molecule has 20 heavy (non-hydrogen) atoms. The van der Waals surface area contributed by atoms with Gasteiger partial charge in [0, 0.05) is 6.07 Å². The minimum Gasteiger partial charge on any atom is -0.382 e. The van der Waals surface area contributed by atoms with Gasteiger partial charge >= 0.3 is 0 Å². The third-order valence-corrected chi connectivity index (χ3v) is 2.92. The Morgan fingerprint density at radius 3 is 2.45 bits per heavy atom. The first-order valence-electron chi connectivity index (χ1n) is 5.67. The Bertz CT molecular complexity index is 686. The minimum absolute atomic E-state index is 0.0826. The molecule has 0 aliphatic rings. The molecule has 0 fully saturated rings. The maximum atomic E-state index is 11.0. The van der Waals surface area contributed by atoms with E-state index >= 15 is 0 Å². The molecule has 0 radical (unpaired) electrons. The number of nitrogen functional groups attached to an aromatic ring is 2. The molecule has 0 amide bonds. The quantitative estimate of drug-likeness (QED) is 0.447. The lowest BCUT2D eigenvalue weighted by Gasteiger charge is -2.03. The molecule has 1 aromatic heterocycles. The van der Waals surface area contributed by atoms with Crippen molar-refractivity contribution in [2.75, 3.05) is 11.5 Å². The number of aryl methyl sites for hydroxylation is 1. The van der Waals surface area contributed by atoms with Crippen LogP contribution in [0.1, 0.15) is 11.1 Å². The Kier molecular flexibility index (Phi) is 3.34. The summed E-state index contributed by atoms with van der Waals surface area (Å²) in [4.78, 5) is 10.5. The number of H-pyrrole nitrogens is 1. The van der Waals surface area contributed by atoms with Crippen molar-refractivity contribution in [1.29, 1.82) is 0 Å². The van der Waals surface area contributed by atoms with Crippen LogP contribution in [0.5, 0.6) is 0 Å². The molecule has 0 unspecified atom stereocenters. The molecule has 104 valence electrons. The molecular weight excluding hydrogens is 262 g/mol. The predicted octanol–water partition coefficient (Wildman–Crippen LogP) is 2.51. The van der Waals surface area contributed by atoms with E-state index in [4.69, 9.17) is 11.5 Å². The number of rotatable bonds is 3. The van der Waals surface area contributed by atoms with Gasteiger partial charge in [0.15, 0.2) is 17.2 Å². The van der Waals surface area contributed by atoms with Gasteiger partial charge in [0.2, 0.25) is 0 Å². The Morgan fingerprint density at radius 2 is 1.90 bits per heavy atom. The summed E-state index contributed by atoms with van der Waals surface area (Å²) in [6, 6.07) is 3.05. The van der Waals surface area contributed by atoms with E-state index in [1.807, 2.05) is 6.92 Å². The largest absolute Gasteiger partial charge is 0.382 e. The van der Waals surface area contributed by atoms with E-state index in [-0.39, 0.29) is 28.7 Å². The molecule has 9 nitrogen and oxygen atoms in total. The van der Waals surface area contributed by atoms with Crippen LogP contribution in [0.2, 0.25) is 0 Å². The maximum absolute atomic E-state index is 11.0. The second-order valence-corrected chi connectivity index (χ2v) is 4.20. The van der Waals surface area contributed by atoms with Crippen LogP contribution >= 0.6 is 0 Å². The van der Waals surface area contributed by atoms with Gasteiger partial charge in [0.25, 0.3) is 5.69 Å². The average Bonchev–Trinajstić information content (AvgIpc) is 2.71. The second-order valence-electron chi connectivity index (χ2n) is 4.20. The fraction of sp³-hybridized carbons (Fsp3) is 0.182. The van der Waals surface area contributed by atoms with E-state index in [2.05, 4.69) is 20.4 Å². The maximum Gasteiger partial charge on any atom is 0.297 e. The standard InChI is InChI=1S/C11H13N7O2/c1-5-3-4-7(18(19)20)8(6(5)2)14-15-9-10(12)16-17-11(9)13/h3-4H,1-2H3,(H5,12,13,16,17). The molecule has 1 aromatic carbocycles. The molecule has 0 atom stereocenters. The second kappa shape index (κ2) is 4.96. The molecule has 2 rings (SSSR count). The first-order chi connectivity index (χ1) is 9.41. The molecule has 2 aromatic rings. The van der Waals surface area contributed by atoms with Crippen LogP contribution in [0.25, 0.3) is 0 Å². The molecule has 5 N–H and O–H groups in total. The summed E-state index contributed by atoms with van der Waals surface area (Å²) in [5.41, 5.74) is 12.9. The fourth-order valence-corrected chi connectivity index (χ4v) is 1.63. The average molecular weight is 275 g/mol. The normalized spacial score (nSPS) is 11.1. The summed E-state index contributed by atoms with van der Waals surface area (Å²) < 4.78 is 0. The number of nitrogens with two attached hydrogens (primary N) is 2. The van der Waals surface area contributed by atoms with Crippen molar-refractivity contribution in [3.63, 3.8) is 0 Å². The molecule has 0 aliphatic heterocycles. The first kappa shape index (κ1) is 13.5. The Labute approximate surface area is 113 Å². The van der Waals surface area contributed by atoms with Gasteiger partial charge in [-0.15, -0.1) is 10.2 Å². The van der Waals surface area contributed by atoms with Crippen LogP contribution in [-0.4, -0.2) is 15.1 Å². The van der Waals surface area contributed by atoms with Gasteiger partial charge in [-0.05, 0) is 25.0 Å². The van der Waals surface area contributed by atoms with Gasteiger partial charge in [-0.25, -0.2) is 0 Å². The van der Waals surface area contributed by atoms with Gasteiger partial charge in [0.1, 0.15) is 5.82 Å². The molecule has 1 heterocycles. The first-order valence-corrected chi connectivity index (χ1v) is 5.67. The number of aromatic amines is 1. The zero-order chi connectivity index (χ0) is 14.9. The van der Waals surface area contributed by atoms with Crippen molar-refractivity contribution < 1.29 is 4.92 Å². The van der Waals surface area contributed by atoms with Gasteiger partial charge < -0.3 is 11.5 Å². The number of nitrogens with one attached hydrogen (secondary N) is 1. The minimum atomic E-state index is -0.511. The molecular formula is C11H13N7O2. The van der Waals surface area contributed by atoms with E-state index in [0.29, 0.717) is 5.56 Å². The van der Waals surface area contributed by atoms with Crippen LogP contribution in [0.15, 0.2) is 22.4 Å². The Balaban J connectivity index is 2.53. The number of nitro groups is 1. The summed E-state index contributed by atoms with van der Waals surface area (Å²) in [7, 11) is 0. The van der Waals surface area contributed by atoms with E-state index < -0.39 is 4.92 Å². The fourth-order valence-electron chi connectivity index (χ4n) is 1.63. The third-order valence-electron chi connectivity index (χ3n) is 2.92. The van der Waals surface area contributed by atoms with E-state index in [1.165, 1.54) is 6.07 Å². The molecule has 0 bridgehead atoms. The Morgan fingerprint density at radius 1 is 1.25 bits per heavy atom. The van der Waals surface area contributed by atoms with E-state index in [1.54, 1.807) is 13.0 Å². The van der Waals surface area contributed by atoms with Gasteiger partial charge in [0.05, 0.1) is 4.92 Å². The number of azo groups is 1. The smallest absolute Gasteiger partial charge is 0.297 e. The summed E-state index contributed by atoms with van der Waals surface area (Å²) >= 11 is 0. The molecule has 0 spiro atoms. The van der Waals surface area contributed by atoms with Gasteiger partial charge in [-0.1, -0.05) is 6.07 Å². The molecule has 0 saturated carbocycles. The van der Waals surface area contributed by atoms with Crippen LogP contribution in [0.4, 0.5) is 28.7 Å². The SMILES string of the molecule is Cc1ccc([N+](=O)[O-])c(N=Nc2c(N)n[nH]c2N)c1C. The van der Waals surface area contributed by atoms with Crippen molar-refractivity contribution in [2.45, 2.75) is 13.8 Å². The highest BCUT2D eigenvalue weighted by atomic mass is 16.6. The summed E-state index contributed by atoms with van der Waals surface area (Å²) in [6.45, 7) is 3.57. The van der Waals surface area contributed by atoms with Gasteiger partial charge in [-0.2, -0.15) is 5.10 Å².